The zero-order chi connectivity index (χ0) is 16.8. The smallest absolute Gasteiger partial charge is 0.160 e. The number of carbonyl (C=O) groups is 1. The van der Waals surface area contributed by atoms with Gasteiger partial charge in [-0.15, -0.1) is 0 Å². The largest absolute Gasteiger partial charge is 0.489 e. The van der Waals surface area contributed by atoms with Gasteiger partial charge in [0, 0.05) is 11.1 Å². The highest BCUT2D eigenvalue weighted by Crippen LogP contribution is 2.19. The highest BCUT2D eigenvalue weighted by molar-refractivity contribution is 5.95. The lowest BCUT2D eigenvalue weighted by Crippen LogP contribution is -2.05. The minimum atomic E-state index is 0.0860. The summed E-state index contributed by atoms with van der Waals surface area (Å²) in [5, 5.41) is 0. The number of hydrogen-bond acceptors (Lipinski definition) is 2. The molecule has 0 N–H and O–H groups in total. The van der Waals surface area contributed by atoms with Crippen LogP contribution in [-0.4, -0.2) is 5.78 Å². The van der Waals surface area contributed by atoms with Crippen molar-refractivity contribution in [1.29, 1.82) is 0 Å². The van der Waals surface area contributed by atoms with Gasteiger partial charge in [-0.1, -0.05) is 49.7 Å². The van der Waals surface area contributed by atoms with E-state index in [1.165, 1.54) is 11.1 Å². The van der Waals surface area contributed by atoms with Gasteiger partial charge in [-0.05, 0) is 50.3 Å². The first-order valence-corrected chi connectivity index (χ1v) is 8.28. The molecule has 0 atom stereocenters. The van der Waals surface area contributed by atoms with Crippen molar-refractivity contribution in [2.75, 3.05) is 0 Å². The predicted molar refractivity (Wildman–Crippen MR) is 95.1 cm³/mol. The third-order valence-electron chi connectivity index (χ3n) is 3.97. The van der Waals surface area contributed by atoms with Crippen LogP contribution in [0.5, 0.6) is 5.75 Å². The Bertz CT molecular complexity index is 654. The molecule has 2 nitrogen and oxygen atoms in total. The molecule has 0 bridgehead atoms. The summed E-state index contributed by atoms with van der Waals surface area (Å²) in [6.45, 7) is 8.54. The Hall–Kier alpha value is -2.09. The molecule has 0 saturated carbocycles. The molecule has 0 amide bonds. The maximum atomic E-state index is 11.8. The SMILES string of the molecule is CC(=O)c1ccc(CCC(C)C)cc1COc1ccc(C)cc1. The van der Waals surface area contributed by atoms with Gasteiger partial charge in [0.1, 0.15) is 12.4 Å². The van der Waals surface area contributed by atoms with Crippen LogP contribution in [0.2, 0.25) is 0 Å². The fourth-order valence-corrected chi connectivity index (χ4v) is 2.52. The van der Waals surface area contributed by atoms with E-state index in [1.807, 2.05) is 30.3 Å². The first kappa shape index (κ1) is 17.3. The fraction of sp³-hybridized carbons (Fsp3) is 0.381. The Balaban J connectivity index is 2.14. The molecule has 2 aromatic rings. The lowest BCUT2D eigenvalue weighted by atomic mass is 9.97. The van der Waals surface area contributed by atoms with Gasteiger partial charge in [-0.2, -0.15) is 0 Å². The van der Waals surface area contributed by atoms with Gasteiger partial charge in [0.05, 0.1) is 0 Å². The highest BCUT2D eigenvalue weighted by atomic mass is 16.5. The van der Waals surface area contributed by atoms with E-state index in [9.17, 15) is 4.79 Å². The van der Waals surface area contributed by atoms with Gasteiger partial charge in [-0.25, -0.2) is 0 Å². The molecule has 0 saturated heterocycles. The standard InChI is InChI=1S/C21H26O2/c1-15(2)5-8-18-9-12-21(17(4)22)19(13-18)14-23-20-10-6-16(3)7-11-20/h6-7,9-13,15H,5,8,14H2,1-4H3. The first-order chi connectivity index (χ1) is 11.0. The van der Waals surface area contributed by atoms with Crippen molar-refractivity contribution < 1.29 is 9.53 Å². The predicted octanol–water partition coefficient (Wildman–Crippen LogP) is 5.37. The van der Waals surface area contributed by atoms with E-state index in [0.29, 0.717) is 12.5 Å². The van der Waals surface area contributed by atoms with Crippen LogP contribution in [0.1, 0.15) is 54.2 Å². The van der Waals surface area contributed by atoms with Crippen molar-refractivity contribution in [3.8, 4) is 5.75 Å². The molecule has 0 aliphatic heterocycles. The zero-order valence-electron chi connectivity index (χ0n) is 14.6. The second-order valence-corrected chi connectivity index (χ2v) is 6.58. The molecular weight excluding hydrogens is 284 g/mol. The third-order valence-corrected chi connectivity index (χ3v) is 3.97. The molecule has 0 heterocycles. The van der Waals surface area contributed by atoms with Crippen molar-refractivity contribution in [3.05, 3.63) is 64.7 Å². The third kappa shape index (κ3) is 5.24. The summed E-state index contributed by atoms with van der Waals surface area (Å²) < 4.78 is 5.87. The molecule has 2 heteroatoms. The molecule has 23 heavy (non-hydrogen) atoms. The van der Waals surface area contributed by atoms with E-state index < -0.39 is 0 Å². The van der Waals surface area contributed by atoms with Crippen LogP contribution < -0.4 is 4.74 Å². The van der Waals surface area contributed by atoms with Crippen LogP contribution in [0.15, 0.2) is 42.5 Å². The van der Waals surface area contributed by atoms with Gasteiger partial charge >= 0.3 is 0 Å². The Kier molecular flexibility index (Phi) is 5.97. The Morgan fingerprint density at radius 3 is 2.39 bits per heavy atom. The monoisotopic (exact) mass is 310 g/mol. The van der Waals surface area contributed by atoms with Gasteiger partial charge < -0.3 is 4.74 Å². The highest BCUT2D eigenvalue weighted by Gasteiger charge is 2.10. The van der Waals surface area contributed by atoms with Gasteiger partial charge in [0.25, 0.3) is 0 Å². The maximum absolute atomic E-state index is 11.8. The molecule has 2 rings (SSSR count). The lowest BCUT2D eigenvalue weighted by molar-refractivity contribution is 0.101. The van der Waals surface area contributed by atoms with Crippen LogP contribution in [0.25, 0.3) is 0 Å². The van der Waals surface area contributed by atoms with Crippen LogP contribution in [0.3, 0.4) is 0 Å². The van der Waals surface area contributed by atoms with Crippen molar-refractivity contribution >= 4 is 5.78 Å². The lowest BCUT2D eigenvalue weighted by Gasteiger charge is -2.12. The van der Waals surface area contributed by atoms with E-state index in [2.05, 4.69) is 32.9 Å². The maximum Gasteiger partial charge on any atom is 0.160 e. The number of hydrogen-bond donors (Lipinski definition) is 0. The van der Waals surface area contributed by atoms with E-state index in [4.69, 9.17) is 4.74 Å². The summed E-state index contributed by atoms with van der Waals surface area (Å²) in [5.74, 6) is 1.59. The second-order valence-electron chi connectivity index (χ2n) is 6.58. The first-order valence-electron chi connectivity index (χ1n) is 8.28. The molecule has 0 aromatic heterocycles. The minimum absolute atomic E-state index is 0.0860. The van der Waals surface area contributed by atoms with Crippen molar-refractivity contribution in [3.63, 3.8) is 0 Å². The number of rotatable bonds is 7. The quantitative estimate of drug-likeness (QED) is 0.643. The summed E-state index contributed by atoms with van der Waals surface area (Å²) in [6, 6.07) is 14.1. The van der Waals surface area contributed by atoms with Crippen molar-refractivity contribution in [1.82, 2.24) is 0 Å². The van der Waals surface area contributed by atoms with E-state index in [-0.39, 0.29) is 5.78 Å². The topological polar surface area (TPSA) is 26.3 Å². The van der Waals surface area contributed by atoms with Crippen LogP contribution in [0.4, 0.5) is 0 Å². The molecule has 0 radical (unpaired) electrons. The molecule has 122 valence electrons. The second kappa shape index (κ2) is 7.96. The molecule has 0 unspecified atom stereocenters. The summed E-state index contributed by atoms with van der Waals surface area (Å²) in [6.07, 6.45) is 2.19. The van der Waals surface area contributed by atoms with Crippen LogP contribution >= 0.6 is 0 Å². The van der Waals surface area contributed by atoms with Gasteiger partial charge in [0.2, 0.25) is 0 Å². The normalized spacial score (nSPS) is 10.8. The van der Waals surface area contributed by atoms with Crippen molar-refractivity contribution in [2.24, 2.45) is 5.92 Å². The molecule has 0 aliphatic carbocycles. The summed E-state index contributed by atoms with van der Waals surface area (Å²) >= 11 is 0. The zero-order valence-corrected chi connectivity index (χ0v) is 14.6. The fourth-order valence-electron chi connectivity index (χ4n) is 2.52. The Morgan fingerprint density at radius 1 is 1.09 bits per heavy atom. The number of Topliss-reactive ketones (excluding diaryl/α,β-unsaturated/α-hetero) is 1. The summed E-state index contributed by atoms with van der Waals surface area (Å²) in [4.78, 5) is 11.8. The number of aryl methyl sites for hydroxylation is 2. The number of ether oxygens (including phenoxy) is 1. The summed E-state index contributed by atoms with van der Waals surface area (Å²) in [5.41, 5.74) is 4.20. The van der Waals surface area contributed by atoms with Crippen LogP contribution in [-0.2, 0) is 13.0 Å². The van der Waals surface area contributed by atoms with Gasteiger partial charge in [-0.3, -0.25) is 4.79 Å². The molecular formula is C21H26O2. The Labute approximate surface area is 139 Å². The average Bonchev–Trinajstić information content (AvgIpc) is 2.52. The molecule has 0 aliphatic rings. The number of ketones is 1. The minimum Gasteiger partial charge on any atom is -0.489 e. The van der Waals surface area contributed by atoms with Crippen LogP contribution in [0, 0.1) is 12.8 Å². The number of benzene rings is 2. The van der Waals surface area contributed by atoms with Gasteiger partial charge in [0.15, 0.2) is 5.78 Å². The summed E-state index contributed by atoms with van der Waals surface area (Å²) in [7, 11) is 0. The average molecular weight is 310 g/mol. The van der Waals surface area contributed by atoms with E-state index >= 15 is 0 Å². The molecule has 2 aromatic carbocycles. The van der Waals surface area contributed by atoms with Crippen molar-refractivity contribution in [2.45, 2.75) is 47.1 Å². The number of carbonyl (C=O) groups excluding carboxylic acids is 1. The van der Waals surface area contributed by atoms with E-state index in [0.717, 1.165) is 29.7 Å². The molecule has 0 spiro atoms. The Morgan fingerprint density at radius 2 is 1.78 bits per heavy atom. The van der Waals surface area contributed by atoms with E-state index in [1.54, 1.807) is 6.92 Å². The molecule has 0 fully saturated rings.